The molecule has 3 N–H and O–H groups in total. The van der Waals surface area contributed by atoms with Crippen molar-refractivity contribution in [3.05, 3.63) is 70.9 Å². The van der Waals surface area contributed by atoms with Gasteiger partial charge in [0.2, 0.25) is 0 Å². The SMILES string of the molecule is COc1cc(C(=O)N2CC[C@@H](OC)[C@@H](N)C2)cc2nc(-c3cc4ccc5nc4n3CCCCCc3nccc(F)c3C(=O)N[C@@H]5C)n(C)c12. The average Bonchev–Trinajstić information content (AvgIpc) is 3.63. The van der Waals surface area contributed by atoms with Crippen molar-refractivity contribution in [2.45, 2.75) is 63.8 Å². The Hall–Kier alpha value is -4.88. The molecule has 2 aliphatic rings. The predicted octanol–water partition coefficient (Wildman–Crippen LogP) is 4.54. The van der Waals surface area contributed by atoms with Crippen molar-refractivity contribution in [3.63, 3.8) is 0 Å². The Morgan fingerprint density at radius 1 is 1.08 bits per heavy atom. The molecule has 2 amide bonds. The van der Waals surface area contributed by atoms with Gasteiger partial charge in [0.1, 0.15) is 22.7 Å². The van der Waals surface area contributed by atoms with Gasteiger partial charge in [0.05, 0.1) is 47.4 Å². The lowest BCUT2D eigenvalue weighted by atomic mass is 10.0. The first-order valence-corrected chi connectivity index (χ1v) is 16.7. The van der Waals surface area contributed by atoms with Crippen molar-refractivity contribution in [1.29, 1.82) is 0 Å². The molecule has 6 heterocycles. The van der Waals surface area contributed by atoms with Crippen LogP contribution in [0.15, 0.2) is 42.6 Å². The molecule has 0 radical (unpaired) electrons. The first kappa shape index (κ1) is 32.7. The number of ether oxygens (including phenoxy) is 2. The van der Waals surface area contributed by atoms with E-state index in [4.69, 9.17) is 25.2 Å². The van der Waals surface area contributed by atoms with Gasteiger partial charge in [-0.25, -0.2) is 14.4 Å². The number of halogens is 1. The molecular formula is C36H41FN8O4. The van der Waals surface area contributed by atoms with Crippen molar-refractivity contribution in [2.24, 2.45) is 12.8 Å². The summed E-state index contributed by atoms with van der Waals surface area (Å²) in [6, 6.07) is 10.0. The van der Waals surface area contributed by atoms with Crippen molar-refractivity contribution in [3.8, 4) is 17.3 Å². The molecule has 2 bridgehead atoms. The predicted molar refractivity (Wildman–Crippen MR) is 183 cm³/mol. The lowest BCUT2D eigenvalue weighted by Crippen LogP contribution is -2.53. The van der Waals surface area contributed by atoms with Gasteiger partial charge in [0.25, 0.3) is 11.8 Å². The number of rotatable bonds is 4. The van der Waals surface area contributed by atoms with Gasteiger partial charge in [-0.1, -0.05) is 6.42 Å². The summed E-state index contributed by atoms with van der Waals surface area (Å²) in [4.78, 5) is 43.1. The third-order valence-electron chi connectivity index (χ3n) is 9.87. The molecular weight excluding hydrogens is 627 g/mol. The lowest BCUT2D eigenvalue weighted by molar-refractivity contribution is 0.0227. The number of aromatic nitrogens is 5. The van der Waals surface area contributed by atoms with Crippen LogP contribution in [0.5, 0.6) is 5.75 Å². The molecule has 0 aliphatic carbocycles. The van der Waals surface area contributed by atoms with Crippen molar-refractivity contribution < 1.29 is 23.5 Å². The number of carbonyl (C=O) groups is 2. The Balaban J connectivity index is 1.28. The molecule has 1 fully saturated rings. The van der Waals surface area contributed by atoms with Crippen LogP contribution in [0, 0.1) is 5.82 Å². The molecule has 1 saturated heterocycles. The number of nitrogens with zero attached hydrogens (tertiary/aromatic N) is 6. The largest absolute Gasteiger partial charge is 0.494 e. The fourth-order valence-corrected chi connectivity index (χ4v) is 7.22. The quantitative estimate of drug-likeness (QED) is 0.284. The summed E-state index contributed by atoms with van der Waals surface area (Å²) in [5.41, 5.74) is 10.9. The van der Waals surface area contributed by atoms with Gasteiger partial charge < -0.3 is 34.6 Å². The Morgan fingerprint density at radius 2 is 1.92 bits per heavy atom. The number of imidazole rings is 1. The number of benzene rings is 1. The minimum Gasteiger partial charge on any atom is -0.494 e. The molecule has 5 aromatic rings. The van der Waals surface area contributed by atoms with E-state index >= 15 is 0 Å². The second-order valence-corrected chi connectivity index (χ2v) is 13.0. The maximum absolute atomic E-state index is 14.8. The number of nitrogens with two attached hydrogens (primary N) is 1. The van der Waals surface area contributed by atoms with Gasteiger partial charge in [-0.15, -0.1) is 0 Å². The molecule has 49 heavy (non-hydrogen) atoms. The molecule has 3 atom stereocenters. The summed E-state index contributed by atoms with van der Waals surface area (Å²) in [5.74, 6) is 0.0485. The number of fused-ring (bicyclic) bond motifs is 3. The van der Waals surface area contributed by atoms with Crippen molar-refractivity contribution >= 4 is 33.9 Å². The van der Waals surface area contributed by atoms with E-state index in [2.05, 4.69) is 20.9 Å². The smallest absolute Gasteiger partial charge is 0.256 e. The zero-order valence-corrected chi connectivity index (χ0v) is 28.2. The van der Waals surface area contributed by atoms with E-state index in [1.807, 2.05) is 36.7 Å². The van der Waals surface area contributed by atoms with Crippen LogP contribution in [0.1, 0.15) is 70.8 Å². The highest BCUT2D eigenvalue weighted by Crippen LogP contribution is 2.35. The van der Waals surface area contributed by atoms with E-state index in [-0.39, 0.29) is 23.6 Å². The maximum atomic E-state index is 14.8. The van der Waals surface area contributed by atoms with Crippen LogP contribution in [0.25, 0.3) is 33.6 Å². The number of hydrogen-bond acceptors (Lipinski definition) is 8. The van der Waals surface area contributed by atoms with E-state index in [1.165, 1.54) is 12.3 Å². The van der Waals surface area contributed by atoms with Crippen LogP contribution in [-0.2, 0) is 24.8 Å². The third kappa shape index (κ3) is 5.90. The summed E-state index contributed by atoms with van der Waals surface area (Å²) in [7, 11) is 5.18. The second kappa shape index (κ2) is 13.2. The fourth-order valence-electron chi connectivity index (χ4n) is 7.22. The van der Waals surface area contributed by atoms with Crippen molar-refractivity contribution in [1.82, 2.24) is 34.3 Å². The number of hydrogen-bond donors (Lipinski definition) is 2. The van der Waals surface area contributed by atoms with Gasteiger partial charge in [-0.2, -0.15) is 0 Å². The molecule has 256 valence electrons. The van der Waals surface area contributed by atoms with Crippen molar-refractivity contribution in [2.75, 3.05) is 27.3 Å². The highest BCUT2D eigenvalue weighted by molar-refractivity contribution is 6.00. The monoisotopic (exact) mass is 668 g/mol. The molecule has 0 unspecified atom stereocenters. The van der Waals surface area contributed by atoms with E-state index in [1.54, 1.807) is 25.2 Å². The summed E-state index contributed by atoms with van der Waals surface area (Å²) in [5, 5.41) is 3.86. The number of pyridine rings is 2. The van der Waals surface area contributed by atoms with Gasteiger partial charge in [0, 0.05) is 57.0 Å². The number of nitrogens with one attached hydrogen (secondary N) is 1. The molecule has 7 rings (SSSR count). The number of amides is 2. The molecule has 0 spiro atoms. The van der Waals surface area contributed by atoms with E-state index < -0.39 is 17.8 Å². The molecule has 0 saturated carbocycles. The summed E-state index contributed by atoms with van der Waals surface area (Å²) >= 11 is 0. The van der Waals surface area contributed by atoms with Crippen LogP contribution >= 0.6 is 0 Å². The highest BCUT2D eigenvalue weighted by Gasteiger charge is 2.31. The van der Waals surface area contributed by atoms with E-state index in [0.29, 0.717) is 66.5 Å². The number of carbonyl (C=O) groups excluding carboxylic acids is 2. The number of methoxy groups -OCH3 is 2. The second-order valence-electron chi connectivity index (χ2n) is 13.0. The summed E-state index contributed by atoms with van der Waals surface area (Å²) in [6.45, 7) is 3.46. The Kier molecular flexibility index (Phi) is 8.80. The minimum atomic E-state index is -0.574. The van der Waals surface area contributed by atoms with Gasteiger partial charge in [0.15, 0.2) is 5.82 Å². The number of aryl methyl sites for hydroxylation is 3. The molecule has 1 aromatic carbocycles. The molecule has 12 nitrogen and oxygen atoms in total. The minimum absolute atomic E-state index is 0.000446. The van der Waals surface area contributed by atoms with Crippen LogP contribution in [0.3, 0.4) is 0 Å². The molecule has 13 heteroatoms. The number of likely N-dealkylation sites (tertiary alicyclic amines) is 1. The van der Waals surface area contributed by atoms with Gasteiger partial charge in [-0.3, -0.25) is 14.6 Å². The zero-order valence-electron chi connectivity index (χ0n) is 28.2. The average molecular weight is 669 g/mol. The Morgan fingerprint density at radius 3 is 2.69 bits per heavy atom. The first-order valence-electron chi connectivity index (χ1n) is 16.7. The normalized spacial score (nSPS) is 20.3. The van der Waals surface area contributed by atoms with Crippen LogP contribution in [0.4, 0.5) is 4.39 Å². The van der Waals surface area contributed by atoms with Gasteiger partial charge >= 0.3 is 0 Å². The lowest BCUT2D eigenvalue weighted by Gasteiger charge is -2.36. The Bertz CT molecular complexity index is 2070. The topological polar surface area (TPSA) is 142 Å². The first-order chi connectivity index (χ1) is 23.7. The van der Waals surface area contributed by atoms with Crippen LogP contribution < -0.4 is 15.8 Å². The third-order valence-corrected chi connectivity index (χ3v) is 9.87. The molecule has 2 aliphatic heterocycles. The summed E-state index contributed by atoms with van der Waals surface area (Å²) < 4.78 is 30.3. The zero-order chi connectivity index (χ0) is 34.4. The van der Waals surface area contributed by atoms with Crippen LogP contribution in [-0.4, -0.2) is 80.3 Å². The fraction of sp³-hybridized carbons (Fsp3) is 0.417. The standard InChI is InChI=1S/C36H41FN8O4/c1-20-25-10-9-21-17-28(45(33(21)41-25)14-7-5-6-8-26-31(35(46)40-20)23(37)11-13-39-26)34-42-27-16-22(18-30(49-4)32(27)43(34)2)36(47)44-15-12-29(48-3)24(38)19-44/h9-11,13,16-18,20,24,29H,5-8,12,14-15,19,38H2,1-4H3,(H,40,46)/t20-,24+,29-/m1/s1. The van der Waals surface area contributed by atoms with Gasteiger partial charge in [-0.05, 0) is 69.0 Å². The summed E-state index contributed by atoms with van der Waals surface area (Å²) in [6.07, 6.45) is 4.90. The number of piperidine rings is 1. The van der Waals surface area contributed by atoms with E-state index in [9.17, 15) is 14.0 Å². The van der Waals surface area contributed by atoms with E-state index in [0.717, 1.165) is 41.5 Å². The Labute approximate surface area is 283 Å². The van der Waals surface area contributed by atoms with Crippen LogP contribution in [0.2, 0.25) is 0 Å². The maximum Gasteiger partial charge on any atom is 0.256 e. The highest BCUT2D eigenvalue weighted by atomic mass is 19.1. The molecule has 4 aromatic heterocycles.